The van der Waals surface area contributed by atoms with Crippen LogP contribution in [-0.4, -0.2) is 44.7 Å². The lowest BCUT2D eigenvalue weighted by Crippen LogP contribution is -2.42. The molecule has 1 amide bonds. The van der Waals surface area contributed by atoms with Crippen LogP contribution in [0.5, 0.6) is 0 Å². The first-order valence-electron chi connectivity index (χ1n) is 13.3. The molecule has 1 aliphatic carbocycles. The fourth-order valence-electron chi connectivity index (χ4n) is 6.30. The van der Waals surface area contributed by atoms with Crippen LogP contribution in [0.4, 0.5) is 10.5 Å². The minimum atomic E-state index is -1.07. The molecule has 4 atom stereocenters. The van der Waals surface area contributed by atoms with Gasteiger partial charge in [0.05, 0.1) is 42.0 Å². The maximum absolute atomic E-state index is 12.7. The average molecular weight is 517 g/mol. The van der Waals surface area contributed by atoms with E-state index in [1.54, 1.807) is 24.3 Å². The van der Waals surface area contributed by atoms with E-state index in [4.69, 9.17) is 14.1 Å². The molecule has 0 spiro atoms. The molecule has 1 aromatic carbocycles. The quantitative estimate of drug-likeness (QED) is 0.382. The number of benzene rings is 1. The minimum Gasteiger partial charge on any atom is -0.463 e. The Balaban J connectivity index is 1.53. The zero-order valence-corrected chi connectivity index (χ0v) is 21.9. The second-order valence-electron chi connectivity index (χ2n) is 10.6. The van der Waals surface area contributed by atoms with Crippen molar-refractivity contribution in [2.45, 2.75) is 70.6 Å². The zero-order chi connectivity index (χ0) is 26.6. The summed E-state index contributed by atoms with van der Waals surface area (Å²) in [5.41, 5.74) is 4.56. The van der Waals surface area contributed by atoms with E-state index < -0.39 is 12.2 Å². The predicted octanol–water partition coefficient (Wildman–Crippen LogP) is 5.49. The molecule has 0 saturated heterocycles. The average Bonchev–Trinajstić information content (AvgIpc) is 3.56. The molecule has 4 heterocycles. The number of carbonyl (C=O) groups is 2. The summed E-state index contributed by atoms with van der Waals surface area (Å²) in [6.07, 6.45) is 6.70. The van der Waals surface area contributed by atoms with Crippen molar-refractivity contribution in [3.05, 3.63) is 53.8 Å². The highest BCUT2D eigenvalue weighted by Gasteiger charge is 2.35. The summed E-state index contributed by atoms with van der Waals surface area (Å²) < 4.78 is 12.6. The summed E-state index contributed by atoms with van der Waals surface area (Å²) in [5.74, 6) is 0.694. The Bertz CT molecular complexity index is 1540. The predicted molar refractivity (Wildman–Crippen MR) is 142 cm³/mol. The van der Waals surface area contributed by atoms with Crippen LogP contribution < -0.4 is 4.90 Å². The maximum atomic E-state index is 12.7. The van der Waals surface area contributed by atoms with Crippen LogP contribution in [0, 0.1) is 5.92 Å². The van der Waals surface area contributed by atoms with Gasteiger partial charge in [-0.15, -0.1) is 0 Å². The van der Waals surface area contributed by atoms with Gasteiger partial charge in [0.15, 0.2) is 11.7 Å². The molecule has 1 fully saturated rings. The van der Waals surface area contributed by atoms with Crippen LogP contribution in [-0.2, 0) is 16.0 Å². The summed E-state index contributed by atoms with van der Waals surface area (Å²) in [5, 5.41) is 12.5. The van der Waals surface area contributed by atoms with E-state index in [1.165, 1.54) is 7.11 Å². The SMILES string of the molecule is COC(=O)N1c2ccc3c(nc([C@@H](O)c4cc5ccoc5cn4)n3[C@@H]3CCC[C@@H](C(C)=O)C3)c2CC[C@@H]1C. The number of ketones is 1. The van der Waals surface area contributed by atoms with Gasteiger partial charge in [-0.05, 0) is 70.2 Å². The summed E-state index contributed by atoms with van der Waals surface area (Å²) >= 11 is 0. The monoisotopic (exact) mass is 516 g/mol. The molecule has 0 radical (unpaired) electrons. The largest absolute Gasteiger partial charge is 0.463 e. The van der Waals surface area contributed by atoms with Gasteiger partial charge in [-0.3, -0.25) is 14.7 Å². The molecule has 6 rings (SSSR count). The Hall–Kier alpha value is -3.72. The molecule has 1 aliphatic heterocycles. The number of amides is 1. The third-order valence-corrected chi connectivity index (χ3v) is 8.33. The highest BCUT2D eigenvalue weighted by molar-refractivity contribution is 5.95. The van der Waals surface area contributed by atoms with Crippen molar-refractivity contribution < 1.29 is 23.8 Å². The van der Waals surface area contributed by atoms with Gasteiger partial charge < -0.3 is 18.8 Å². The first kappa shape index (κ1) is 24.6. The van der Waals surface area contributed by atoms with E-state index in [-0.39, 0.29) is 23.8 Å². The molecule has 4 aromatic rings. The molecule has 198 valence electrons. The van der Waals surface area contributed by atoms with E-state index in [1.807, 2.05) is 31.2 Å². The van der Waals surface area contributed by atoms with Gasteiger partial charge in [0.25, 0.3) is 0 Å². The number of pyridine rings is 1. The van der Waals surface area contributed by atoms with Gasteiger partial charge in [0, 0.05) is 29.0 Å². The number of Topliss-reactive ketones (excluding diaryl/α,β-unsaturated/α-hetero) is 1. The molecule has 3 aromatic heterocycles. The third-order valence-electron chi connectivity index (χ3n) is 8.33. The number of ether oxygens (including phenoxy) is 1. The lowest BCUT2D eigenvalue weighted by molar-refractivity contribution is -0.122. The molecule has 38 heavy (non-hydrogen) atoms. The lowest BCUT2D eigenvalue weighted by Gasteiger charge is -2.34. The third kappa shape index (κ3) is 3.96. The lowest BCUT2D eigenvalue weighted by atomic mass is 9.83. The number of hydrogen-bond acceptors (Lipinski definition) is 7. The van der Waals surface area contributed by atoms with Gasteiger partial charge in [-0.1, -0.05) is 6.42 Å². The van der Waals surface area contributed by atoms with Crippen molar-refractivity contribution in [1.29, 1.82) is 0 Å². The number of aliphatic hydroxyl groups excluding tert-OH is 1. The molecule has 9 heteroatoms. The van der Waals surface area contributed by atoms with Crippen molar-refractivity contribution in [3.63, 3.8) is 0 Å². The van der Waals surface area contributed by atoms with E-state index >= 15 is 0 Å². The van der Waals surface area contributed by atoms with Gasteiger partial charge in [0.1, 0.15) is 11.6 Å². The molecule has 2 aliphatic rings. The molecule has 0 bridgehead atoms. The first-order valence-corrected chi connectivity index (χ1v) is 13.3. The Morgan fingerprint density at radius 3 is 2.84 bits per heavy atom. The smallest absolute Gasteiger partial charge is 0.414 e. The number of carbonyl (C=O) groups excluding carboxylic acids is 2. The number of rotatable bonds is 4. The van der Waals surface area contributed by atoms with Crippen molar-refractivity contribution in [3.8, 4) is 0 Å². The molecular formula is C29H32N4O5. The number of anilines is 1. The highest BCUT2D eigenvalue weighted by atomic mass is 16.5. The number of imidazole rings is 1. The molecule has 0 unspecified atom stereocenters. The van der Waals surface area contributed by atoms with Crippen molar-refractivity contribution in [2.75, 3.05) is 12.0 Å². The van der Waals surface area contributed by atoms with Crippen LogP contribution in [0.2, 0.25) is 0 Å². The van der Waals surface area contributed by atoms with Crippen LogP contribution >= 0.6 is 0 Å². The van der Waals surface area contributed by atoms with Crippen LogP contribution in [0.1, 0.15) is 75.2 Å². The number of fused-ring (bicyclic) bond motifs is 4. The molecule has 1 N–H and O–H groups in total. The molecule has 1 saturated carbocycles. The Labute approximate surface area is 220 Å². The van der Waals surface area contributed by atoms with Gasteiger partial charge in [-0.2, -0.15) is 0 Å². The summed E-state index contributed by atoms with van der Waals surface area (Å²) in [7, 11) is 1.39. The van der Waals surface area contributed by atoms with E-state index in [0.717, 1.165) is 59.8 Å². The highest BCUT2D eigenvalue weighted by Crippen LogP contribution is 2.42. The van der Waals surface area contributed by atoms with Gasteiger partial charge >= 0.3 is 6.09 Å². The van der Waals surface area contributed by atoms with E-state index in [9.17, 15) is 14.7 Å². The summed E-state index contributed by atoms with van der Waals surface area (Å²) in [6.45, 7) is 3.68. The number of aromatic nitrogens is 3. The maximum Gasteiger partial charge on any atom is 0.414 e. The first-order chi connectivity index (χ1) is 18.4. The Kier molecular flexibility index (Phi) is 6.18. The van der Waals surface area contributed by atoms with Crippen molar-refractivity contribution in [2.24, 2.45) is 5.92 Å². The molecule has 9 nitrogen and oxygen atoms in total. The van der Waals surface area contributed by atoms with Crippen molar-refractivity contribution in [1.82, 2.24) is 14.5 Å². The second kappa shape index (κ2) is 9.54. The summed E-state index contributed by atoms with van der Waals surface area (Å²) in [6, 6.07) is 7.62. The number of nitrogens with zero attached hydrogens (tertiary/aromatic N) is 4. The van der Waals surface area contributed by atoms with Gasteiger partial charge in [0.2, 0.25) is 0 Å². The molecular weight excluding hydrogens is 484 g/mol. The number of aliphatic hydroxyl groups is 1. The number of aryl methyl sites for hydroxylation is 1. The number of methoxy groups -OCH3 is 1. The number of furan rings is 1. The van der Waals surface area contributed by atoms with Gasteiger partial charge in [-0.25, -0.2) is 9.78 Å². The second-order valence-corrected chi connectivity index (χ2v) is 10.6. The van der Waals surface area contributed by atoms with E-state index in [2.05, 4.69) is 9.55 Å². The van der Waals surface area contributed by atoms with Crippen LogP contribution in [0.25, 0.3) is 22.0 Å². The Morgan fingerprint density at radius 2 is 2.05 bits per heavy atom. The zero-order valence-electron chi connectivity index (χ0n) is 21.9. The minimum absolute atomic E-state index is 0.0000955. The Morgan fingerprint density at radius 1 is 1.21 bits per heavy atom. The topological polar surface area (TPSA) is 111 Å². The summed E-state index contributed by atoms with van der Waals surface area (Å²) in [4.78, 5) is 36.2. The van der Waals surface area contributed by atoms with Crippen LogP contribution in [0.3, 0.4) is 0 Å². The fraction of sp³-hybridized carbons (Fsp3) is 0.448. The van der Waals surface area contributed by atoms with E-state index in [0.29, 0.717) is 23.5 Å². The fourth-order valence-corrected chi connectivity index (χ4v) is 6.30. The van der Waals surface area contributed by atoms with Crippen LogP contribution in [0.15, 0.2) is 41.1 Å². The normalized spacial score (nSPS) is 22.4. The standard InChI is InChI=1S/C29H32N4O5/c1-16-7-8-21-23(32(16)29(36)37-3)9-10-24-26(21)31-28(33(24)20-6-4-5-18(13-20)17(2)34)27(35)22-14-19-11-12-38-25(19)15-30-22/h9-12,14-16,18,20,27,35H,4-8,13H2,1-3H3/t16-,18+,20+,27-/m0/s1. The number of hydrogen-bond donors (Lipinski definition) is 1. The van der Waals surface area contributed by atoms with Crippen molar-refractivity contribution >= 4 is 39.6 Å².